The summed E-state index contributed by atoms with van der Waals surface area (Å²) in [6.07, 6.45) is 1.55. The Labute approximate surface area is 211 Å². The van der Waals surface area contributed by atoms with E-state index in [4.69, 9.17) is 4.74 Å². The van der Waals surface area contributed by atoms with Crippen molar-refractivity contribution in [1.82, 2.24) is 9.66 Å². The number of hydrogen-bond donors (Lipinski definition) is 1. The minimum absolute atomic E-state index is 0.0935. The van der Waals surface area contributed by atoms with Crippen molar-refractivity contribution in [3.8, 4) is 17.1 Å². The topological polar surface area (TPSA) is 85.6 Å². The Hall–Kier alpha value is -5.11. The summed E-state index contributed by atoms with van der Waals surface area (Å²) in [5, 5.41) is 7.38. The smallest absolute Gasteiger partial charge is 0.282 e. The average molecular weight is 493 g/mol. The third-order valence-electron chi connectivity index (χ3n) is 5.51. The molecule has 0 unspecified atom stereocenters. The molecule has 1 amide bonds. The highest BCUT2D eigenvalue weighted by molar-refractivity contribution is 5.92. The van der Waals surface area contributed by atoms with Crippen molar-refractivity contribution >= 4 is 28.7 Å². The SMILES string of the molecule is O=C(COc1ccc(C=Nn2c(-c3ccccc3)nc3ccccc3c2=O)cc1)Nc1ccccc1F. The quantitative estimate of drug-likeness (QED) is 0.320. The van der Waals surface area contributed by atoms with Gasteiger partial charge in [-0.15, -0.1) is 0 Å². The summed E-state index contributed by atoms with van der Waals surface area (Å²) in [6, 6.07) is 29.3. The fraction of sp³-hybridized carbons (Fsp3) is 0.0345. The van der Waals surface area contributed by atoms with Crippen molar-refractivity contribution in [2.24, 2.45) is 5.10 Å². The van der Waals surface area contributed by atoms with Crippen LogP contribution in [0, 0.1) is 5.82 Å². The zero-order valence-corrected chi connectivity index (χ0v) is 19.5. The Balaban J connectivity index is 1.33. The summed E-state index contributed by atoms with van der Waals surface area (Å²) >= 11 is 0. The molecule has 0 atom stereocenters. The summed E-state index contributed by atoms with van der Waals surface area (Å²) in [5.41, 5.74) is 1.89. The second-order valence-electron chi connectivity index (χ2n) is 8.07. The van der Waals surface area contributed by atoms with E-state index in [9.17, 15) is 14.0 Å². The van der Waals surface area contributed by atoms with Crippen LogP contribution in [0.1, 0.15) is 5.56 Å². The Bertz CT molecular complexity index is 1650. The number of amides is 1. The fourth-order valence-electron chi connectivity index (χ4n) is 3.68. The van der Waals surface area contributed by atoms with Crippen LogP contribution in [-0.4, -0.2) is 28.4 Å². The van der Waals surface area contributed by atoms with Crippen LogP contribution in [0.2, 0.25) is 0 Å². The monoisotopic (exact) mass is 492 g/mol. The van der Waals surface area contributed by atoms with E-state index < -0.39 is 11.7 Å². The van der Waals surface area contributed by atoms with Crippen LogP contribution in [0.4, 0.5) is 10.1 Å². The highest BCUT2D eigenvalue weighted by Gasteiger charge is 2.12. The number of nitrogens with one attached hydrogen (secondary N) is 1. The largest absolute Gasteiger partial charge is 0.484 e. The third kappa shape index (κ3) is 5.43. The molecule has 0 aliphatic heterocycles. The molecule has 5 rings (SSSR count). The highest BCUT2D eigenvalue weighted by atomic mass is 19.1. The molecule has 8 heteroatoms. The van der Waals surface area contributed by atoms with Crippen molar-refractivity contribution in [1.29, 1.82) is 0 Å². The molecule has 0 spiro atoms. The fourth-order valence-corrected chi connectivity index (χ4v) is 3.68. The second kappa shape index (κ2) is 10.7. The van der Waals surface area contributed by atoms with Crippen LogP contribution in [0.5, 0.6) is 5.75 Å². The van der Waals surface area contributed by atoms with Crippen LogP contribution in [0.3, 0.4) is 0 Å². The predicted molar refractivity (Wildman–Crippen MR) is 141 cm³/mol. The van der Waals surface area contributed by atoms with Gasteiger partial charge in [0.05, 0.1) is 22.8 Å². The molecule has 7 nitrogen and oxygen atoms in total. The zero-order valence-electron chi connectivity index (χ0n) is 19.5. The number of carbonyl (C=O) groups is 1. The van der Waals surface area contributed by atoms with Crippen molar-refractivity contribution in [2.45, 2.75) is 0 Å². The van der Waals surface area contributed by atoms with E-state index in [1.807, 2.05) is 36.4 Å². The Morgan fingerprint density at radius 1 is 0.919 bits per heavy atom. The lowest BCUT2D eigenvalue weighted by Gasteiger charge is -2.09. The molecule has 1 N–H and O–H groups in total. The van der Waals surface area contributed by atoms with Crippen LogP contribution in [-0.2, 0) is 4.79 Å². The van der Waals surface area contributed by atoms with E-state index in [0.29, 0.717) is 28.0 Å². The number of nitrogens with zero attached hydrogens (tertiary/aromatic N) is 3. The van der Waals surface area contributed by atoms with Gasteiger partial charge in [-0.2, -0.15) is 9.78 Å². The molecule has 1 heterocycles. The standard InChI is InChI=1S/C29H21FN4O3/c30-24-11-5-7-13-26(24)32-27(35)19-37-22-16-14-20(15-17-22)18-31-34-28(21-8-2-1-3-9-21)33-25-12-6-4-10-23(25)29(34)36/h1-18H,19H2,(H,32,35). The number of rotatable bonds is 7. The highest BCUT2D eigenvalue weighted by Crippen LogP contribution is 2.19. The predicted octanol–water partition coefficient (Wildman–Crippen LogP) is 5.10. The third-order valence-corrected chi connectivity index (χ3v) is 5.51. The van der Waals surface area contributed by atoms with Gasteiger partial charge in [0.1, 0.15) is 11.6 Å². The molecule has 0 fully saturated rings. The van der Waals surface area contributed by atoms with Crippen LogP contribution < -0.4 is 15.6 Å². The molecular weight excluding hydrogens is 471 g/mol. The van der Waals surface area contributed by atoms with Gasteiger partial charge in [-0.1, -0.05) is 54.6 Å². The summed E-state index contributed by atoms with van der Waals surface area (Å²) in [7, 11) is 0. The van der Waals surface area contributed by atoms with Gasteiger partial charge >= 0.3 is 0 Å². The van der Waals surface area contributed by atoms with Crippen LogP contribution in [0.15, 0.2) is 113 Å². The Morgan fingerprint density at radius 3 is 2.41 bits per heavy atom. The van der Waals surface area contributed by atoms with E-state index >= 15 is 0 Å². The summed E-state index contributed by atoms with van der Waals surface area (Å²) in [5.74, 6) is -0.111. The van der Waals surface area contributed by atoms with Crippen molar-refractivity contribution in [3.63, 3.8) is 0 Å². The minimum atomic E-state index is -0.518. The van der Waals surface area contributed by atoms with Crippen LogP contribution >= 0.6 is 0 Å². The number of fused-ring (bicyclic) bond motifs is 1. The van der Waals surface area contributed by atoms with Crippen molar-refractivity contribution in [2.75, 3.05) is 11.9 Å². The van der Waals surface area contributed by atoms with Crippen molar-refractivity contribution < 1.29 is 13.9 Å². The first-order valence-corrected chi connectivity index (χ1v) is 11.5. The zero-order chi connectivity index (χ0) is 25.6. The summed E-state index contributed by atoms with van der Waals surface area (Å²) in [4.78, 5) is 30.0. The number of ether oxygens (including phenoxy) is 1. The molecule has 5 aromatic rings. The van der Waals surface area contributed by atoms with Gasteiger partial charge in [0.15, 0.2) is 12.4 Å². The molecule has 0 aliphatic carbocycles. The Morgan fingerprint density at radius 2 is 1.62 bits per heavy atom. The molecule has 0 saturated heterocycles. The number of anilines is 1. The second-order valence-corrected chi connectivity index (χ2v) is 8.07. The first-order valence-electron chi connectivity index (χ1n) is 11.5. The molecule has 0 radical (unpaired) electrons. The number of carbonyl (C=O) groups excluding carboxylic acids is 1. The van der Waals surface area contributed by atoms with Gasteiger partial charge in [-0.3, -0.25) is 9.59 Å². The lowest BCUT2D eigenvalue weighted by Crippen LogP contribution is -2.20. The average Bonchev–Trinajstić information content (AvgIpc) is 2.94. The minimum Gasteiger partial charge on any atom is -0.484 e. The van der Waals surface area contributed by atoms with Gasteiger partial charge in [-0.25, -0.2) is 9.37 Å². The number of benzene rings is 4. The van der Waals surface area contributed by atoms with Gasteiger partial charge in [0, 0.05) is 5.56 Å². The maximum Gasteiger partial charge on any atom is 0.282 e. The molecule has 182 valence electrons. The maximum absolute atomic E-state index is 13.7. The molecule has 0 aliphatic rings. The first kappa shape index (κ1) is 23.6. The number of para-hydroxylation sites is 2. The van der Waals surface area contributed by atoms with Gasteiger partial charge in [0.2, 0.25) is 0 Å². The van der Waals surface area contributed by atoms with Crippen LogP contribution in [0.25, 0.3) is 22.3 Å². The lowest BCUT2D eigenvalue weighted by molar-refractivity contribution is -0.118. The molecule has 4 aromatic carbocycles. The molecule has 37 heavy (non-hydrogen) atoms. The Kier molecular flexibility index (Phi) is 6.80. The molecule has 0 saturated carbocycles. The van der Waals surface area contributed by atoms with E-state index in [0.717, 1.165) is 5.56 Å². The van der Waals surface area contributed by atoms with Gasteiger partial charge in [-0.05, 0) is 54.1 Å². The lowest BCUT2D eigenvalue weighted by atomic mass is 10.2. The molecule has 1 aromatic heterocycles. The normalized spacial score (nSPS) is 11.1. The maximum atomic E-state index is 13.7. The first-order chi connectivity index (χ1) is 18.1. The van der Waals surface area contributed by atoms with Crippen molar-refractivity contribution in [3.05, 3.63) is 125 Å². The number of hydrogen-bond acceptors (Lipinski definition) is 5. The number of halogens is 1. The van der Waals surface area contributed by atoms with E-state index in [1.165, 1.54) is 16.8 Å². The van der Waals surface area contributed by atoms with E-state index in [2.05, 4.69) is 15.4 Å². The van der Waals surface area contributed by atoms with Gasteiger partial charge in [0.25, 0.3) is 11.5 Å². The number of aromatic nitrogens is 2. The summed E-state index contributed by atoms with van der Waals surface area (Å²) in [6.45, 7) is -0.277. The molecule has 0 bridgehead atoms. The summed E-state index contributed by atoms with van der Waals surface area (Å²) < 4.78 is 20.5. The van der Waals surface area contributed by atoms with E-state index in [-0.39, 0.29) is 17.9 Å². The molecular formula is C29H21FN4O3. The van der Waals surface area contributed by atoms with E-state index in [1.54, 1.807) is 60.8 Å². The van der Waals surface area contributed by atoms with Gasteiger partial charge < -0.3 is 10.1 Å².